The average Bonchev–Trinajstić information content (AvgIpc) is 3.31. The van der Waals surface area contributed by atoms with Gasteiger partial charge in [-0.05, 0) is 45.3 Å². The zero-order valence-corrected chi connectivity index (χ0v) is 14.6. The Labute approximate surface area is 150 Å². The minimum atomic E-state index is -0.415. The van der Waals surface area contributed by atoms with E-state index in [0.29, 0.717) is 0 Å². The maximum Gasteiger partial charge on any atom is 0.427 e. The fourth-order valence-electron chi connectivity index (χ4n) is 3.01. The Balaban J connectivity index is 1.47. The molecule has 2 heterocycles. The zero-order chi connectivity index (χ0) is 18.1. The Kier molecular flexibility index (Phi) is 4.04. The second-order valence-electron chi connectivity index (χ2n) is 6.49. The molecule has 1 aliphatic heterocycles. The van der Waals surface area contributed by atoms with Crippen molar-refractivity contribution in [3.8, 4) is 5.69 Å². The van der Waals surface area contributed by atoms with E-state index in [0.717, 1.165) is 23.4 Å². The van der Waals surface area contributed by atoms with E-state index in [2.05, 4.69) is 49.5 Å². The third kappa shape index (κ3) is 3.11. The third-order valence-corrected chi connectivity index (χ3v) is 4.52. The molecule has 1 aliphatic rings. The van der Waals surface area contributed by atoms with E-state index in [-0.39, 0.29) is 6.04 Å². The highest BCUT2D eigenvalue weighted by Crippen LogP contribution is 2.26. The van der Waals surface area contributed by atoms with Crippen molar-refractivity contribution in [2.75, 3.05) is 19.0 Å². The highest BCUT2D eigenvalue weighted by Gasteiger charge is 2.22. The Bertz CT molecular complexity index is 984. The lowest BCUT2D eigenvalue weighted by molar-refractivity contribution is -0.670. The molecular formula is C19H20N5O2+. The molecule has 132 valence electrons. The standard InChI is InChI=1S/C19H19N5O2/c1-23(2)15-7-3-13(4-8-15)17-11-18(21-20-17)14-5-9-16(10-6-14)24-12-19(25)26-22-24/h3-10,12,17H,11H2,1-2H3,(H-,20,22,25)/p+1. The van der Waals surface area contributed by atoms with Crippen molar-refractivity contribution < 1.29 is 9.20 Å². The first-order valence-electron chi connectivity index (χ1n) is 8.40. The first-order chi connectivity index (χ1) is 12.6. The van der Waals surface area contributed by atoms with E-state index >= 15 is 0 Å². The minimum Gasteiger partial charge on any atom is -0.378 e. The Morgan fingerprint density at radius 2 is 1.85 bits per heavy atom. The van der Waals surface area contributed by atoms with Gasteiger partial charge in [-0.2, -0.15) is 5.10 Å². The maximum absolute atomic E-state index is 11.1. The molecule has 0 saturated carbocycles. The number of aromatic nitrogens is 2. The van der Waals surface area contributed by atoms with Gasteiger partial charge in [-0.25, -0.2) is 4.79 Å². The molecule has 0 aliphatic carbocycles. The second kappa shape index (κ2) is 6.51. The van der Waals surface area contributed by atoms with Crippen LogP contribution in [-0.2, 0) is 0 Å². The number of H-pyrrole nitrogens is 1. The van der Waals surface area contributed by atoms with Crippen LogP contribution in [0, 0.1) is 0 Å². The maximum atomic E-state index is 11.1. The summed E-state index contributed by atoms with van der Waals surface area (Å²) in [6, 6.07) is 16.5. The number of anilines is 1. The summed E-state index contributed by atoms with van der Waals surface area (Å²) in [6.07, 6.45) is 2.19. The van der Waals surface area contributed by atoms with Gasteiger partial charge >= 0.3 is 5.63 Å². The lowest BCUT2D eigenvalue weighted by Crippen LogP contribution is -2.32. The number of hydrazone groups is 1. The summed E-state index contributed by atoms with van der Waals surface area (Å²) in [5.74, 6) is 0. The third-order valence-electron chi connectivity index (χ3n) is 4.52. The smallest absolute Gasteiger partial charge is 0.378 e. The molecule has 26 heavy (non-hydrogen) atoms. The van der Waals surface area contributed by atoms with Crippen molar-refractivity contribution in [2.45, 2.75) is 12.5 Å². The summed E-state index contributed by atoms with van der Waals surface area (Å²) in [6.45, 7) is 0. The van der Waals surface area contributed by atoms with Crippen molar-refractivity contribution in [3.63, 3.8) is 0 Å². The molecular weight excluding hydrogens is 330 g/mol. The van der Waals surface area contributed by atoms with Crippen LogP contribution in [0.2, 0.25) is 0 Å². The molecule has 0 radical (unpaired) electrons. The quantitative estimate of drug-likeness (QED) is 0.703. The fraction of sp³-hybridized carbons (Fsp3) is 0.211. The van der Waals surface area contributed by atoms with Crippen LogP contribution in [-0.4, -0.2) is 25.1 Å². The Morgan fingerprint density at radius 1 is 1.12 bits per heavy atom. The van der Waals surface area contributed by atoms with Gasteiger partial charge in [0.2, 0.25) is 5.69 Å². The van der Waals surface area contributed by atoms with Gasteiger partial charge in [0, 0.05) is 38.3 Å². The molecule has 0 saturated heterocycles. The lowest BCUT2D eigenvalue weighted by atomic mass is 9.99. The summed E-state index contributed by atoms with van der Waals surface area (Å²) < 4.78 is 6.22. The van der Waals surface area contributed by atoms with Crippen LogP contribution in [0.4, 0.5) is 5.69 Å². The number of rotatable bonds is 4. The van der Waals surface area contributed by atoms with Crippen LogP contribution in [0.15, 0.2) is 69.1 Å². The Hall–Kier alpha value is -3.35. The van der Waals surface area contributed by atoms with E-state index in [1.54, 1.807) is 0 Å². The predicted octanol–water partition coefficient (Wildman–Crippen LogP) is 1.75. The van der Waals surface area contributed by atoms with E-state index < -0.39 is 5.63 Å². The van der Waals surface area contributed by atoms with Gasteiger partial charge in [0.25, 0.3) is 6.20 Å². The van der Waals surface area contributed by atoms with Crippen molar-refractivity contribution in [1.29, 1.82) is 0 Å². The molecule has 0 spiro atoms. The van der Waals surface area contributed by atoms with Gasteiger partial charge in [-0.1, -0.05) is 12.1 Å². The van der Waals surface area contributed by atoms with Gasteiger partial charge in [-0.3, -0.25) is 4.52 Å². The van der Waals surface area contributed by atoms with E-state index in [1.807, 2.05) is 38.4 Å². The van der Waals surface area contributed by atoms with Gasteiger partial charge < -0.3 is 10.3 Å². The summed E-state index contributed by atoms with van der Waals surface area (Å²) >= 11 is 0. The van der Waals surface area contributed by atoms with Crippen LogP contribution in [0.3, 0.4) is 0 Å². The van der Waals surface area contributed by atoms with Gasteiger partial charge in [0.15, 0.2) is 0 Å². The largest absolute Gasteiger partial charge is 0.427 e. The average molecular weight is 350 g/mol. The molecule has 4 rings (SSSR count). The molecule has 1 atom stereocenters. The molecule has 7 heteroatoms. The van der Waals surface area contributed by atoms with Crippen molar-refractivity contribution in [3.05, 3.63) is 76.3 Å². The molecule has 0 amide bonds. The van der Waals surface area contributed by atoms with Crippen molar-refractivity contribution in [2.24, 2.45) is 5.10 Å². The zero-order valence-electron chi connectivity index (χ0n) is 14.6. The lowest BCUT2D eigenvalue weighted by Gasteiger charge is -2.15. The van der Waals surface area contributed by atoms with Crippen molar-refractivity contribution >= 4 is 11.4 Å². The molecule has 0 bridgehead atoms. The molecule has 2 N–H and O–H groups in total. The molecule has 1 unspecified atom stereocenters. The van der Waals surface area contributed by atoms with Crippen LogP contribution in [0.25, 0.3) is 5.69 Å². The number of hydrogen-bond donors (Lipinski definition) is 2. The molecule has 0 fully saturated rings. The number of hydrogen-bond acceptors (Lipinski definition) is 5. The summed E-state index contributed by atoms with van der Waals surface area (Å²) in [5, 5.41) is 7.04. The highest BCUT2D eigenvalue weighted by molar-refractivity contribution is 6.01. The highest BCUT2D eigenvalue weighted by atomic mass is 16.5. The van der Waals surface area contributed by atoms with E-state index in [1.165, 1.54) is 22.1 Å². The SMILES string of the molecule is CN(C)c1ccc(C2CC(c3ccc(-[n+]4cc(=O)o[nH]4)cc3)=NN2)cc1. The van der Waals surface area contributed by atoms with Crippen molar-refractivity contribution in [1.82, 2.24) is 10.7 Å². The van der Waals surface area contributed by atoms with Gasteiger partial charge in [0.1, 0.15) is 0 Å². The second-order valence-corrected chi connectivity index (χ2v) is 6.49. The minimum absolute atomic E-state index is 0.181. The first kappa shape index (κ1) is 16.1. The van der Waals surface area contributed by atoms with Crippen LogP contribution in [0.1, 0.15) is 23.6 Å². The van der Waals surface area contributed by atoms with Gasteiger partial charge in [0.05, 0.1) is 11.8 Å². The number of nitrogens with one attached hydrogen (secondary N) is 2. The summed E-state index contributed by atoms with van der Waals surface area (Å²) in [7, 11) is 4.07. The molecule has 1 aromatic heterocycles. The van der Waals surface area contributed by atoms with Crippen LogP contribution in [0.5, 0.6) is 0 Å². The monoisotopic (exact) mass is 350 g/mol. The topological polar surface area (TPSA) is 77.5 Å². The first-order valence-corrected chi connectivity index (χ1v) is 8.40. The van der Waals surface area contributed by atoms with Gasteiger partial charge in [-0.15, -0.1) is 0 Å². The molecule has 2 aromatic carbocycles. The number of aromatic amines is 1. The number of nitrogens with zero attached hydrogens (tertiary/aromatic N) is 3. The molecule has 7 nitrogen and oxygen atoms in total. The predicted molar refractivity (Wildman–Crippen MR) is 98.7 cm³/mol. The van der Waals surface area contributed by atoms with E-state index in [9.17, 15) is 4.79 Å². The van der Waals surface area contributed by atoms with E-state index in [4.69, 9.17) is 0 Å². The fourth-order valence-corrected chi connectivity index (χ4v) is 3.01. The molecule has 3 aromatic rings. The van der Waals surface area contributed by atoms with Crippen LogP contribution < -0.4 is 20.6 Å². The van der Waals surface area contributed by atoms with Crippen LogP contribution >= 0.6 is 0 Å². The number of benzene rings is 2. The Morgan fingerprint density at radius 3 is 2.46 bits per heavy atom. The summed E-state index contributed by atoms with van der Waals surface area (Å²) in [4.78, 5) is 13.2. The summed E-state index contributed by atoms with van der Waals surface area (Å²) in [5.41, 5.74) is 8.10. The normalized spacial score (nSPS) is 16.2.